The van der Waals surface area contributed by atoms with Crippen LogP contribution < -0.4 is 4.72 Å². The minimum atomic E-state index is -3.79. The van der Waals surface area contributed by atoms with Crippen molar-refractivity contribution >= 4 is 16.0 Å². The molecule has 1 rings (SSSR count). The van der Waals surface area contributed by atoms with Gasteiger partial charge >= 0.3 is 5.97 Å². The van der Waals surface area contributed by atoms with E-state index in [-0.39, 0.29) is 0 Å². The Bertz CT molecular complexity index is 510. The van der Waals surface area contributed by atoms with Crippen LogP contribution in [0.4, 0.5) is 0 Å². The minimum absolute atomic E-state index is 0.445. The van der Waals surface area contributed by atoms with E-state index < -0.39 is 27.8 Å². The fourth-order valence-corrected chi connectivity index (χ4v) is 2.56. The second kappa shape index (κ2) is 5.29. The van der Waals surface area contributed by atoms with Gasteiger partial charge in [0.2, 0.25) is 10.0 Å². The second-order valence-electron chi connectivity index (χ2n) is 3.91. The number of hydrogen-bond acceptors (Lipinski definition) is 3. The van der Waals surface area contributed by atoms with Crippen molar-refractivity contribution < 1.29 is 18.3 Å². The lowest BCUT2D eigenvalue weighted by atomic mass is 10.1. The molecule has 6 heteroatoms. The molecule has 0 spiro atoms. The molecule has 0 aliphatic heterocycles. The zero-order valence-corrected chi connectivity index (χ0v) is 10.5. The van der Waals surface area contributed by atoms with Crippen molar-refractivity contribution in [3.05, 3.63) is 35.4 Å². The number of carbonyl (C=O) groups is 1. The van der Waals surface area contributed by atoms with Crippen LogP contribution >= 0.6 is 0 Å². The third-order valence-electron chi connectivity index (χ3n) is 2.21. The van der Waals surface area contributed by atoms with Gasteiger partial charge in [-0.2, -0.15) is 0 Å². The van der Waals surface area contributed by atoms with E-state index in [2.05, 4.69) is 4.72 Å². The van der Waals surface area contributed by atoms with E-state index in [4.69, 9.17) is 5.11 Å². The average Bonchev–Trinajstić information content (AvgIpc) is 2.14. The van der Waals surface area contributed by atoms with Crippen LogP contribution in [-0.2, 0) is 14.8 Å². The molecule has 0 bridgehead atoms. The summed E-state index contributed by atoms with van der Waals surface area (Å²) in [5.41, 5.74) is 1.82. The van der Waals surface area contributed by atoms with Gasteiger partial charge < -0.3 is 5.11 Å². The number of benzene rings is 1. The first-order valence-electron chi connectivity index (χ1n) is 5.08. The van der Waals surface area contributed by atoms with E-state index in [0.717, 1.165) is 11.1 Å². The third kappa shape index (κ3) is 4.54. The summed E-state index contributed by atoms with van der Waals surface area (Å²) >= 11 is 0. The van der Waals surface area contributed by atoms with Crippen LogP contribution in [-0.4, -0.2) is 25.2 Å². The molecule has 0 radical (unpaired) electrons. The Balaban J connectivity index is 2.79. The largest absolute Gasteiger partial charge is 0.480 e. The fourth-order valence-electron chi connectivity index (χ4n) is 1.48. The maximum absolute atomic E-state index is 11.4. The lowest BCUT2D eigenvalue weighted by Crippen LogP contribution is -2.32. The van der Waals surface area contributed by atoms with Gasteiger partial charge in [0.1, 0.15) is 0 Å². The summed E-state index contributed by atoms with van der Waals surface area (Å²) < 4.78 is 25.2. The Kier molecular flexibility index (Phi) is 4.25. The molecule has 2 N–H and O–H groups in total. The Hall–Kier alpha value is -1.40. The first kappa shape index (κ1) is 13.7. The van der Waals surface area contributed by atoms with Crippen molar-refractivity contribution in [3.63, 3.8) is 0 Å². The first-order valence-corrected chi connectivity index (χ1v) is 6.74. The summed E-state index contributed by atoms with van der Waals surface area (Å²) in [6, 6.07) is 6.93. The van der Waals surface area contributed by atoms with Crippen LogP contribution in [0.3, 0.4) is 0 Å². The number of carboxylic acids is 1. The highest BCUT2D eigenvalue weighted by molar-refractivity contribution is 7.90. The zero-order valence-electron chi connectivity index (χ0n) is 9.67. The third-order valence-corrected chi connectivity index (χ3v) is 3.55. The summed E-state index contributed by atoms with van der Waals surface area (Å²) in [4.78, 5) is 10.4. The topological polar surface area (TPSA) is 83.5 Å². The summed E-state index contributed by atoms with van der Waals surface area (Å²) in [6.07, 6.45) is 0. The maximum Gasteiger partial charge on any atom is 0.320 e. The molecule has 5 nitrogen and oxygen atoms in total. The average molecular weight is 257 g/mol. The van der Waals surface area contributed by atoms with Gasteiger partial charge in [-0.05, 0) is 19.4 Å². The second-order valence-corrected chi connectivity index (χ2v) is 5.66. The fraction of sp³-hybridized carbons (Fsp3) is 0.364. The molecule has 1 aromatic carbocycles. The number of aryl methyl sites for hydroxylation is 1. The van der Waals surface area contributed by atoms with Crippen molar-refractivity contribution in [1.29, 1.82) is 0 Å². The molecule has 0 aliphatic rings. The molecule has 1 aromatic rings. The van der Waals surface area contributed by atoms with Gasteiger partial charge in [-0.15, -0.1) is 0 Å². The summed E-state index contributed by atoms with van der Waals surface area (Å²) in [5, 5.41) is 8.46. The van der Waals surface area contributed by atoms with E-state index in [0.29, 0.717) is 0 Å². The van der Waals surface area contributed by atoms with E-state index >= 15 is 0 Å². The van der Waals surface area contributed by atoms with Crippen LogP contribution in [0.15, 0.2) is 24.3 Å². The molecule has 17 heavy (non-hydrogen) atoms. The standard InChI is InChI=1S/C11H15NO4S/c1-8-4-3-5-10(6-8)9(2)12-17(15,16)7-11(13)14/h3-6,9,12H,7H2,1-2H3,(H,13,14)/t9-/m0/s1. The van der Waals surface area contributed by atoms with E-state index in [9.17, 15) is 13.2 Å². The summed E-state index contributed by atoms with van der Waals surface area (Å²) in [6.45, 7) is 3.58. The molecule has 0 aromatic heterocycles. The number of hydrogen-bond donors (Lipinski definition) is 2. The van der Waals surface area contributed by atoms with Crippen LogP contribution in [0.5, 0.6) is 0 Å². The summed E-state index contributed by atoms with van der Waals surface area (Å²) in [5.74, 6) is -2.28. The van der Waals surface area contributed by atoms with Crippen LogP contribution in [0.25, 0.3) is 0 Å². The van der Waals surface area contributed by atoms with Gasteiger partial charge in [0.05, 0.1) is 0 Å². The van der Waals surface area contributed by atoms with E-state index in [1.165, 1.54) is 0 Å². The molecule has 0 unspecified atom stereocenters. The Morgan fingerprint density at radius 3 is 2.65 bits per heavy atom. The normalized spacial score (nSPS) is 13.3. The molecule has 0 amide bonds. The van der Waals surface area contributed by atoms with E-state index in [1.807, 2.05) is 25.1 Å². The van der Waals surface area contributed by atoms with Crippen molar-refractivity contribution in [3.8, 4) is 0 Å². The van der Waals surface area contributed by atoms with Crippen LogP contribution in [0.2, 0.25) is 0 Å². The predicted octanol–water partition coefficient (Wildman–Crippen LogP) is 1.06. The Morgan fingerprint density at radius 2 is 2.12 bits per heavy atom. The molecule has 0 aliphatic carbocycles. The van der Waals surface area contributed by atoms with Crippen molar-refractivity contribution in [1.82, 2.24) is 4.72 Å². The molecule has 0 saturated heterocycles. The molecule has 0 heterocycles. The number of sulfonamides is 1. The lowest BCUT2D eigenvalue weighted by molar-refractivity contribution is -0.134. The highest BCUT2D eigenvalue weighted by Crippen LogP contribution is 2.14. The number of carboxylic acid groups (broad SMARTS) is 1. The molecule has 94 valence electrons. The maximum atomic E-state index is 11.4. The highest BCUT2D eigenvalue weighted by atomic mass is 32.2. The smallest absolute Gasteiger partial charge is 0.320 e. The molecular formula is C11H15NO4S. The van der Waals surface area contributed by atoms with Crippen molar-refractivity contribution in [2.24, 2.45) is 0 Å². The first-order chi connectivity index (χ1) is 7.80. The van der Waals surface area contributed by atoms with Gasteiger partial charge in [0.25, 0.3) is 0 Å². The monoisotopic (exact) mass is 257 g/mol. The van der Waals surface area contributed by atoms with Gasteiger partial charge in [-0.1, -0.05) is 29.8 Å². The predicted molar refractivity (Wildman–Crippen MR) is 64.2 cm³/mol. The zero-order chi connectivity index (χ0) is 13.1. The minimum Gasteiger partial charge on any atom is -0.480 e. The molecule has 0 fully saturated rings. The Morgan fingerprint density at radius 1 is 1.47 bits per heavy atom. The highest BCUT2D eigenvalue weighted by Gasteiger charge is 2.19. The summed E-state index contributed by atoms with van der Waals surface area (Å²) in [7, 11) is -3.79. The van der Waals surface area contributed by atoms with Crippen LogP contribution in [0, 0.1) is 6.92 Å². The number of aliphatic carboxylic acids is 1. The molecule has 0 saturated carbocycles. The number of nitrogens with one attached hydrogen (secondary N) is 1. The molecular weight excluding hydrogens is 242 g/mol. The molecule has 1 atom stereocenters. The van der Waals surface area contributed by atoms with E-state index in [1.54, 1.807) is 13.0 Å². The SMILES string of the molecule is Cc1cccc([C@H](C)NS(=O)(=O)CC(=O)O)c1. The van der Waals surface area contributed by atoms with Crippen molar-refractivity contribution in [2.75, 3.05) is 5.75 Å². The van der Waals surface area contributed by atoms with Crippen molar-refractivity contribution in [2.45, 2.75) is 19.9 Å². The van der Waals surface area contributed by atoms with Gasteiger partial charge in [-0.25, -0.2) is 13.1 Å². The lowest BCUT2D eigenvalue weighted by Gasteiger charge is -2.14. The van der Waals surface area contributed by atoms with Gasteiger partial charge in [0, 0.05) is 6.04 Å². The quantitative estimate of drug-likeness (QED) is 0.826. The Labute approximate surface area is 101 Å². The van der Waals surface area contributed by atoms with Crippen LogP contribution in [0.1, 0.15) is 24.1 Å². The van der Waals surface area contributed by atoms with Gasteiger partial charge in [0.15, 0.2) is 5.75 Å². The van der Waals surface area contributed by atoms with Gasteiger partial charge in [-0.3, -0.25) is 4.79 Å². The number of rotatable bonds is 5.